The minimum atomic E-state index is 0.0569. The molecule has 0 aromatic carbocycles. The molecule has 0 aromatic rings. The molecule has 0 aromatic heterocycles. The molecular formula is C10H19NOS. The Morgan fingerprint density at radius 1 is 1.46 bits per heavy atom. The topological polar surface area (TPSA) is 29.1 Å². The Labute approximate surface area is 85.9 Å². The first-order chi connectivity index (χ1) is 6.24. The lowest BCUT2D eigenvalue weighted by molar-refractivity contribution is -0.119. The molecule has 1 N–H and O–H groups in total. The van der Waals surface area contributed by atoms with E-state index in [0.717, 1.165) is 0 Å². The zero-order valence-electron chi connectivity index (χ0n) is 8.25. The summed E-state index contributed by atoms with van der Waals surface area (Å²) in [5, 5.41) is 2.98. The third kappa shape index (κ3) is 3.59. The lowest BCUT2D eigenvalue weighted by atomic mass is 9.84. The standard InChI is InChI=1S/C10H19NOS/c1-8(11-10(12)7-13)9-5-3-2-4-6-9/h8-9,13H,2-7H2,1H3,(H,11,12). The highest BCUT2D eigenvalue weighted by molar-refractivity contribution is 7.81. The molecule has 0 saturated heterocycles. The van der Waals surface area contributed by atoms with Crippen LogP contribution in [-0.2, 0) is 4.79 Å². The lowest BCUT2D eigenvalue weighted by Crippen LogP contribution is -2.39. The second kappa shape index (κ2) is 5.53. The van der Waals surface area contributed by atoms with Gasteiger partial charge in [-0.25, -0.2) is 0 Å². The molecule has 1 unspecified atom stereocenters. The number of amides is 1. The summed E-state index contributed by atoms with van der Waals surface area (Å²) in [6, 6.07) is 0.333. The zero-order valence-corrected chi connectivity index (χ0v) is 9.15. The summed E-state index contributed by atoms with van der Waals surface area (Å²) in [5.41, 5.74) is 0. The van der Waals surface area contributed by atoms with Gasteiger partial charge in [-0.1, -0.05) is 19.3 Å². The van der Waals surface area contributed by atoms with Gasteiger partial charge < -0.3 is 5.32 Å². The molecule has 0 radical (unpaired) electrons. The number of carbonyl (C=O) groups excluding carboxylic acids is 1. The van der Waals surface area contributed by atoms with E-state index < -0.39 is 0 Å². The van der Waals surface area contributed by atoms with Crippen molar-refractivity contribution in [3.63, 3.8) is 0 Å². The number of hydrogen-bond donors (Lipinski definition) is 2. The number of carbonyl (C=O) groups is 1. The molecule has 0 aliphatic heterocycles. The van der Waals surface area contributed by atoms with Gasteiger partial charge in [0.15, 0.2) is 0 Å². The Morgan fingerprint density at radius 2 is 2.08 bits per heavy atom. The summed E-state index contributed by atoms with van der Waals surface area (Å²) in [7, 11) is 0. The van der Waals surface area contributed by atoms with E-state index >= 15 is 0 Å². The monoisotopic (exact) mass is 201 g/mol. The molecule has 0 spiro atoms. The second-order valence-corrected chi connectivity index (χ2v) is 4.23. The summed E-state index contributed by atoms with van der Waals surface area (Å²) in [6.07, 6.45) is 6.56. The van der Waals surface area contributed by atoms with Crippen LogP contribution < -0.4 is 5.32 Å². The number of thiol groups is 1. The van der Waals surface area contributed by atoms with Crippen molar-refractivity contribution < 1.29 is 4.79 Å². The first kappa shape index (κ1) is 10.9. The predicted octanol–water partition coefficient (Wildman–Crippen LogP) is 2.00. The SMILES string of the molecule is CC(NC(=O)CS)C1CCCCC1. The van der Waals surface area contributed by atoms with Gasteiger partial charge >= 0.3 is 0 Å². The Bertz CT molecular complexity index is 166. The molecule has 3 heteroatoms. The number of nitrogens with one attached hydrogen (secondary N) is 1. The summed E-state index contributed by atoms with van der Waals surface area (Å²) >= 11 is 3.94. The normalized spacial score (nSPS) is 21.1. The maximum absolute atomic E-state index is 11.1. The van der Waals surface area contributed by atoms with Crippen molar-refractivity contribution in [2.75, 3.05) is 5.75 Å². The van der Waals surface area contributed by atoms with Crippen molar-refractivity contribution >= 4 is 18.5 Å². The highest BCUT2D eigenvalue weighted by Gasteiger charge is 2.20. The van der Waals surface area contributed by atoms with E-state index in [1.54, 1.807) is 0 Å². The smallest absolute Gasteiger partial charge is 0.229 e. The van der Waals surface area contributed by atoms with Crippen LogP contribution in [-0.4, -0.2) is 17.7 Å². The Kier molecular flexibility index (Phi) is 4.64. The predicted molar refractivity (Wildman–Crippen MR) is 58.0 cm³/mol. The van der Waals surface area contributed by atoms with Crippen LogP contribution in [0.5, 0.6) is 0 Å². The van der Waals surface area contributed by atoms with E-state index in [1.807, 2.05) is 0 Å². The molecule has 1 amide bonds. The van der Waals surface area contributed by atoms with Crippen molar-refractivity contribution in [1.82, 2.24) is 5.32 Å². The summed E-state index contributed by atoms with van der Waals surface area (Å²) < 4.78 is 0. The fraction of sp³-hybridized carbons (Fsp3) is 0.900. The van der Waals surface area contributed by atoms with Gasteiger partial charge in [-0.05, 0) is 25.7 Å². The van der Waals surface area contributed by atoms with Crippen LogP contribution in [0.1, 0.15) is 39.0 Å². The fourth-order valence-corrected chi connectivity index (χ4v) is 2.14. The molecule has 76 valence electrons. The van der Waals surface area contributed by atoms with Crippen LogP contribution in [0.2, 0.25) is 0 Å². The van der Waals surface area contributed by atoms with Crippen LogP contribution in [0.4, 0.5) is 0 Å². The fourth-order valence-electron chi connectivity index (χ4n) is 2.05. The van der Waals surface area contributed by atoms with Gasteiger partial charge in [-0.3, -0.25) is 4.79 Å². The molecule has 0 heterocycles. The maximum Gasteiger partial charge on any atom is 0.229 e. The first-order valence-electron chi connectivity index (χ1n) is 5.14. The third-order valence-corrected chi connectivity index (χ3v) is 3.18. The van der Waals surface area contributed by atoms with Crippen LogP contribution in [0.15, 0.2) is 0 Å². The minimum absolute atomic E-state index is 0.0569. The Balaban J connectivity index is 2.28. The number of rotatable bonds is 3. The van der Waals surface area contributed by atoms with Crippen LogP contribution in [0, 0.1) is 5.92 Å². The number of hydrogen-bond acceptors (Lipinski definition) is 2. The van der Waals surface area contributed by atoms with Crippen LogP contribution in [0.25, 0.3) is 0 Å². The Hall–Kier alpha value is -0.180. The van der Waals surface area contributed by atoms with Gasteiger partial charge in [0.1, 0.15) is 0 Å². The lowest BCUT2D eigenvalue weighted by Gasteiger charge is -2.28. The summed E-state index contributed by atoms with van der Waals surface area (Å²) in [5.74, 6) is 1.05. The summed E-state index contributed by atoms with van der Waals surface area (Å²) in [4.78, 5) is 11.1. The summed E-state index contributed by atoms with van der Waals surface area (Å²) in [6.45, 7) is 2.11. The minimum Gasteiger partial charge on any atom is -0.353 e. The quantitative estimate of drug-likeness (QED) is 0.672. The average molecular weight is 201 g/mol. The van der Waals surface area contributed by atoms with Gasteiger partial charge in [0, 0.05) is 6.04 Å². The van der Waals surface area contributed by atoms with Gasteiger partial charge in [0.05, 0.1) is 5.75 Å². The van der Waals surface area contributed by atoms with Gasteiger partial charge in [-0.15, -0.1) is 0 Å². The largest absolute Gasteiger partial charge is 0.353 e. The van der Waals surface area contributed by atoms with Gasteiger partial charge in [0.2, 0.25) is 5.91 Å². The van der Waals surface area contributed by atoms with Crippen LogP contribution in [0.3, 0.4) is 0 Å². The van der Waals surface area contributed by atoms with E-state index in [0.29, 0.717) is 17.7 Å². The van der Waals surface area contributed by atoms with Crippen molar-refractivity contribution in [2.24, 2.45) is 5.92 Å². The molecule has 13 heavy (non-hydrogen) atoms. The molecule has 2 nitrogen and oxygen atoms in total. The zero-order chi connectivity index (χ0) is 9.68. The third-order valence-electron chi connectivity index (χ3n) is 2.89. The van der Waals surface area contributed by atoms with E-state index in [9.17, 15) is 4.79 Å². The van der Waals surface area contributed by atoms with E-state index in [1.165, 1.54) is 32.1 Å². The average Bonchev–Trinajstić information content (AvgIpc) is 2.19. The van der Waals surface area contributed by atoms with Crippen molar-refractivity contribution in [1.29, 1.82) is 0 Å². The van der Waals surface area contributed by atoms with Crippen molar-refractivity contribution in [2.45, 2.75) is 45.1 Å². The molecule has 1 rings (SSSR count). The van der Waals surface area contributed by atoms with Crippen molar-refractivity contribution in [3.05, 3.63) is 0 Å². The van der Waals surface area contributed by atoms with Crippen LogP contribution >= 0.6 is 12.6 Å². The molecule has 1 aliphatic rings. The van der Waals surface area contributed by atoms with E-state index in [2.05, 4.69) is 24.9 Å². The molecular weight excluding hydrogens is 182 g/mol. The molecule has 1 atom stereocenters. The maximum atomic E-state index is 11.1. The molecule has 1 fully saturated rings. The van der Waals surface area contributed by atoms with Crippen molar-refractivity contribution in [3.8, 4) is 0 Å². The first-order valence-corrected chi connectivity index (χ1v) is 5.77. The molecule has 1 aliphatic carbocycles. The van der Waals surface area contributed by atoms with E-state index in [-0.39, 0.29) is 5.91 Å². The van der Waals surface area contributed by atoms with Gasteiger partial charge in [-0.2, -0.15) is 12.6 Å². The Morgan fingerprint density at radius 3 is 2.62 bits per heavy atom. The second-order valence-electron chi connectivity index (χ2n) is 3.91. The highest BCUT2D eigenvalue weighted by Crippen LogP contribution is 2.26. The van der Waals surface area contributed by atoms with Gasteiger partial charge in [0.25, 0.3) is 0 Å². The molecule has 1 saturated carbocycles. The molecule has 0 bridgehead atoms. The van der Waals surface area contributed by atoms with E-state index in [4.69, 9.17) is 0 Å². The highest BCUT2D eigenvalue weighted by atomic mass is 32.1.